The molecule has 0 saturated heterocycles. The zero-order valence-corrected chi connectivity index (χ0v) is 12.2. The molecule has 1 aliphatic carbocycles. The van der Waals surface area contributed by atoms with Crippen LogP contribution in [-0.2, 0) is 0 Å². The Balaban J connectivity index is 1.73. The molecule has 1 fully saturated rings. The van der Waals surface area contributed by atoms with Crippen LogP contribution in [0, 0.1) is 5.82 Å². The summed E-state index contributed by atoms with van der Waals surface area (Å²) in [6.07, 6.45) is 9.61. The van der Waals surface area contributed by atoms with Crippen molar-refractivity contribution in [3.05, 3.63) is 42.0 Å². The van der Waals surface area contributed by atoms with E-state index in [9.17, 15) is 9.18 Å². The van der Waals surface area contributed by atoms with Gasteiger partial charge in [-0.25, -0.2) is 14.4 Å². The van der Waals surface area contributed by atoms with E-state index in [0.717, 1.165) is 12.8 Å². The van der Waals surface area contributed by atoms with Crippen molar-refractivity contribution < 1.29 is 13.9 Å². The summed E-state index contributed by atoms with van der Waals surface area (Å²) in [7, 11) is 0. The molecule has 0 bridgehead atoms. The van der Waals surface area contributed by atoms with Gasteiger partial charge < -0.3 is 4.74 Å². The van der Waals surface area contributed by atoms with E-state index in [-0.39, 0.29) is 11.7 Å². The number of rotatable bonds is 4. The van der Waals surface area contributed by atoms with E-state index < -0.39 is 5.82 Å². The Bertz CT molecular complexity index is 652. The summed E-state index contributed by atoms with van der Waals surface area (Å²) >= 11 is 0. The molecule has 0 radical (unpaired) electrons. The minimum Gasteiger partial charge on any atom is -0.473 e. The molecule has 0 unspecified atom stereocenters. The highest BCUT2D eigenvalue weighted by atomic mass is 19.1. The maximum atomic E-state index is 13.6. The van der Waals surface area contributed by atoms with Crippen molar-refractivity contribution in [2.45, 2.75) is 38.2 Å². The molecule has 0 amide bonds. The lowest BCUT2D eigenvalue weighted by Gasteiger charge is -2.22. The molecule has 4 nitrogen and oxygen atoms in total. The van der Waals surface area contributed by atoms with Crippen LogP contribution in [0.4, 0.5) is 4.39 Å². The Kier molecular flexibility index (Phi) is 4.42. The maximum Gasteiger partial charge on any atom is 0.232 e. The van der Waals surface area contributed by atoms with Gasteiger partial charge in [-0.3, -0.25) is 4.79 Å². The van der Waals surface area contributed by atoms with Gasteiger partial charge in [0.1, 0.15) is 11.9 Å². The Labute approximate surface area is 128 Å². The van der Waals surface area contributed by atoms with Crippen LogP contribution in [0.25, 0.3) is 11.3 Å². The van der Waals surface area contributed by atoms with Crippen molar-refractivity contribution in [2.24, 2.45) is 0 Å². The third-order valence-electron chi connectivity index (χ3n) is 3.89. The standard InChI is InChI=1S/C17H17FN2O2/c18-15-8-12(6-7-13(15)11-21)16-9-20-17(10-19-16)22-14-4-2-1-3-5-14/h6-11,14H,1-5H2. The Morgan fingerprint density at radius 2 is 1.95 bits per heavy atom. The number of aromatic nitrogens is 2. The van der Waals surface area contributed by atoms with Gasteiger partial charge in [0, 0.05) is 5.56 Å². The zero-order chi connectivity index (χ0) is 15.4. The molecule has 114 valence electrons. The van der Waals surface area contributed by atoms with Crippen LogP contribution < -0.4 is 4.74 Å². The molecule has 0 aliphatic heterocycles. The monoisotopic (exact) mass is 300 g/mol. The first-order valence-corrected chi connectivity index (χ1v) is 7.50. The molecule has 1 saturated carbocycles. The summed E-state index contributed by atoms with van der Waals surface area (Å²) in [5, 5.41) is 0. The first kappa shape index (κ1) is 14.6. The Morgan fingerprint density at radius 1 is 1.14 bits per heavy atom. The minimum absolute atomic E-state index is 0.0361. The first-order valence-electron chi connectivity index (χ1n) is 7.50. The second kappa shape index (κ2) is 6.64. The normalized spacial score (nSPS) is 15.5. The van der Waals surface area contributed by atoms with E-state index >= 15 is 0 Å². The summed E-state index contributed by atoms with van der Waals surface area (Å²) in [4.78, 5) is 19.1. The fourth-order valence-corrected chi connectivity index (χ4v) is 2.66. The van der Waals surface area contributed by atoms with Crippen molar-refractivity contribution in [3.63, 3.8) is 0 Å². The van der Waals surface area contributed by atoms with Gasteiger partial charge in [0.2, 0.25) is 5.88 Å². The van der Waals surface area contributed by atoms with Crippen LogP contribution in [0.15, 0.2) is 30.6 Å². The average molecular weight is 300 g/mol. The van der Waals surface area contributed by atoms with E-state index in [0.29, 0.717) is 23.4 Å². The fraction of sp³-hybridized carbons (Fsp3) is 0.353. The maximum absolute atomic E-state index is 13.6. The highest BCUT2D eigenvalue weighted by molar-refractivity contribution is 5.76. The number of ether oxygens (including phenoxy) is 1. The first-order chi connectivity index (χ1) is 10.8. The molecule has 1 aromatic carbocycles. The number of carbonyl (C=O) groups excluding carboxylic acids is 1. The predicted octanol–water partition coefficient (Wildman–Crippen LogP) is 3.81. The van der Waals surface area contributed by atoms with Gasteiger partial charge in [-0.05, 0) is 37.8 Å². The smallest absolute Gasteiger partial charge is 0.232 e. The van der Waals surface area contributed by atoms with E-state index in [4.69, 9.17) is 4.74 Å². The van der Waals surface area contributed by atoms with E-state index in [1.807, 2.05) is 0 Å². The zero-order valence-electron chi connectivity index (χ0n) is 12.2. The van der Waals surface area contributed by atoms with Crippen LogP contribution in [0.1, 0.15) is 42.5 Å². The predicted molar refractivity (Wildman–Crippen MR) is 80.3 cm³/mol. The van der Waals surface area contributed by atoms with Crippen LogP contribution in [0.2, 0.25) is 0 Å². The van der Waals surface area contributed by atoms with Crippen molar-refractivity contribution in [2.75, 3.05) is 0 Å². The molecular formula is C17H17FN2O2. The lowest BCUT2D eigenvalue weighted by molar-refractivity contribution is 0.112. The van der Waals surface area contributed by atoms with Gasteiger partial charge in [-0.2, -0.15) is 0 Å². The van der Waals surface area contributed by atoms with Gasteiger partial charge in [0.25, 0.3) is 0 Å². The molecule has 3 rings (SSSR count). The van der Waals surface area contributed by atoms with Crippen molar-refractivity contribution in [1.82, 2.24) is 9.97 Å². The van der Waals surface area contributed by atoms with Crippen LogP contribution >= 0.6 is 0 Å². The highest BCUT2D eigenvalue weighted by Gasteiger charge is 2.15. The van der Waals surface area contributed by atoms with Gasteiger partial charge in [-0.15, -0.1) is 0 Å². The molecule has 5 heteroatoms. The molecule has 1 heterocycles. The van der Waals surface area contributed by atoms with Crippen LogP contribution in [0.5, 0.6) is 5.88 Å². The molecular weight excluding hydrogens is 283 g/mol. The molecule has 2 aromatic rings. The number of aldehydes is 1. The van der Waals surface area contributed by atoms with Gasteiger partial charge in [0.05, 0.1) is 23.7 Å². The Morgan fingerprint density at radius 3 is 2.59 bits per heavy atom. The van der Waals surface area contributed by atoms with Gasteiger partial charge in [0.15, 0.2) is 6.29 Å². The summed E-state index contributed by atoms with van der Waals surface area (Å²) in [5.41, 5.74) is 1.17. The Hall–Kier alpha value is -2.30. The van der Waals surface area contributed by atoms with E-state index in [1.54, 1.807) is 18.5 Å². The molecule has 1 aliphatic rings. The topological polar surface area (TPSA) is 52.1 Å². The lowest BCUT2D eigenvalue weighted by Crippen LogP contribution is -2.20. The van der Waals surface area contributed by atoms with E-state index in [1.165, 1.54) is 31.4 Å². The van der Waals surface area contributed by atoms with Gasteiger partial charge >= 0.3 is 0 Å². The largest absolute Gasteiger partial charge is 0.473 e. The second-order valence-corrected chi connectivity index (χ2v) is 5.47. The van der Waals surface area contributed by atoms with E-state index in [2.05, 4.69) is 9.97 Å². The number of benzene rings is 1. The number of hydrogen-bond acceptors (Lipinski definition) is 4. The number of hydrogen-bond donors (Lipinski definition) is 0. The van der Waals surface area contributed by atoms with Crippen LogP contribution in [-0.4, -0.2) is 22.4 Å². The molecule has 0 atom stereocenters. The lowest BCUT2D eigenvalue weighted by atomic mass is 9.98. The third kappa shape index (κ3) is 3.30. The molecule has 22 heavy (non-hydrogen) atoms. The molecule has 1 aromatic heterocycles. The summed E-state index contributed by atoms with van der Waals surface area (Å²) in [5.74, 6) is -0.0579. The van der Waals surface area contributed by atoms with Crippen LogP contribution in [0.3, 0.4) is 0 Å². The fourth-order valence-electron chi connectivity index (χ4n) is 2.66. The molecule has 0 spiro atoms. The minimum atomic E-state index is -0.558. The van der Waals surface area contributed by atoms with Crippen molar-refractivity contribution in [3.8, 4) is 17.1 Å². The average Bonchev–Trinajstić information content (AvgIpc) is 2.56. The number of nitrogens with zero attached hydrogens (tertiary/aromatic N) is 2. The number of halogens is 1. The quantitative estimate of drug-likeness (QED) is 0.806. The SMILES string of the molecule is O=Cc1ccc(-c2cnc(OC3CCCCC3)cn2)cc1F. The summed E-state index contributed by atoms with van der Waals surface area (Å²) in [6.45, 7) is 0. The third-order valence-corrected chi connectivity index (χ3v) is 3.89. The summed E-state index contributed by atoms with van der Waals surface area (Å²) in [6, 6.07) is 4.37. The second-order valence-electron chi connectivity index (χ2n) is 5.47. The summed E-state index contributed by atoms with van der Waals surface area (Å²) < 4.78 is 19.4. The highest BCUT2D eigenvalue weighted by Crippen LogP contribution is 2.23. The van der Waals surface area contributed by atoms with Crippen molar-refractivity contribution in [1.29, 1.82) is 0 Å². The van der Waals surface area contributed by atoms with Gasteiger partial charge in [-0.1, -0.05) is 12.5 Å². The number of carbonyl (C=O) groups is 1. The molecule has 0 N–H and O–H groups in total. The van der Waals surface area contributed by atoms with Crippen molar-refractivity contribution >= 4 is 6.29 Å².